The van der Waals surface area contributed by atoms with Gasteiger partial charge in [0.1, 0.15) is 6.29 Å². The molecule has 0 radical (unpaired) electrons. The topological polar surface area (TPSA) is 49.3 Å². The fraction of sp³-hybridized carbons (Fsp3) is 0.875. The summed E-state index contributed by atoms with van der Waals surface area (Å²) in [5.41, 5.74) is -0.739. The fourth-order valence-electron chi connectivity index (χ4n) is 0.853. The van der Waals surface area contributed by atoms with Crippen molar-refractivity contribution in [2.45, 2.75) is 32.3 Å². The second-order valence-electron chi connectivity index (χ2n) is 2.98. The minimum Gasteiger partial charge on any atom is -0.389 e. The van der Waals surface area contributed by atoms with Gasteiger partial charge < -0.3 is 15.2 Å². The number of likely N-dealkylation sites (N-methyl/N-ethyl adjacent to an activating group) is 1. The van der Waals surface area contributed by atoms with Gasteiger partial charge in [0.05, 0.1) is 5.60 Å². The van der Waals surface area contributed by atoms with E-state index in [0.717, 1.165) is 12.8 Å². The molecule has 0 fully saturated rings. The second-order valence-corrected chi connectivity index (χ2v) is 2.98. The van der Waals surface area contributed by atoms with Crippen LogP contribution < -0.4 is 5.32 Å². The third kappa shape index (κ3) is 6.01. The second kappa shape index (κ2) is 5.27. The first-order chi connectivity index (χ1) is 5.12. The molecule has 1 atom stereocenters. The molecule has 0 aliphatic heterocycles. The van der Waals surface area contributed by atoms with E-state index < -0.39 is 5.60 Å². The fourth-order valence-corrected chi connectivity index (χ4v) is 0.853. The van der Waals surface area contributed by atoms with E-state index in [9.17, 15) is 9.90 Å². The summed E-state index contributed by atoms with van der Waals surface area (Å²) in [6.07, 6.45) is 1.79. The summed E-state index contributed by atoms with van der Waals surface area (Å²) < 4.78 is 0. The summed E-state index contributed by atoms with van der Waals surface area (Å²) in [5, 5.41) is 12.6. The number of carbonyl (C=O) groups is 1. The van der Waals surface area contributed by atoms with E-state index >= 15 is 0 Å². The molecule has 0 spiro atoms. The highest BCUT2D eigenvalue weighted by atomic mass is 16.3. The van der Waals surface area contributed by atoms with Crippen molar-refractivity contribution in [3.05, 3.63) is 0 Å². The lowest BCUT2D eigenvalue weighted by Gasteiger charge is -2.22. The maximum Gasteiger partial charge on any atom is 0.120 e. The zero-order valence-electron chi connectivity index (χ0n) is 7.26. The van der Waals surface area contributed by atoms with E-state index in [2.05, 4.69) is 5.32 Å². The zero-order valence-corrected chi connectivity index (χ0v) is 7.26. The highest BCUT2D eigenvalue weighted by Gasteiger charge is 2.18. The van der Waals surface area contributed by atoms with Crippen LogP contribution in [0.2, 0.25) is 0 Å². The molecule has 0 saturated heterocycles. The minimum absolute atomic E-state index is 0.429. The van der Waals surface area contributed by atoms with Crippen molar-refractivity contribution in [1.29, 1.82) is 0 Å². The van der Waals surface area contributed by atoms with Gasteiger partial charge in [0.25, 0.3) is 0 Å². The minimum atomic E-state index is -0.739. The van der Waals surface area contributed by atoms with Crippen LogP contribution in [0.3, 0.4) is 0 Å². The van der Waals surface area contributed by atoms with Crippen LogP contribution in [0.4, 0.5) is 0 Å². The van der Waals surface area contributed by atoms with E-state index in [-0.39, 0.29) is 0 Å². The van der Waals surface area contributed by atoms with Crippen molar-refractivity contribution in [3.8, 4) is 0 Å². The normalized spacial score (nSPS) is 15.9. The molecule has 0 rings (SSSR count). The molecule has 11 heavy (non-hydrogen) atoms. The van der Waals surface area contributed by atoms with E-state index in [1.54, 1.807) is 6.92 Å². The summed E-state index contributed by atoms with van der Waals surface area (Å²) >= 11 is 0. The van der Waals surface area contributed by atoms with Gasteiger partial charge in [-0.25, -0.2) is 0 Å². The lowest BCUT2D eigenvalue weighted by Crippen LogP contribution is -2.37. The summed E-state index contributed by atoms with van der Waals surface area (Å²) in [6, 6.07) is 0. The van der Waals surface area contributed by atoms with E-state index in [1.807, 2.05) is 6.92 Å². The summed E-state index contributed by atoms with van der Waals surface area (Å²) in [6.45, 7) is 5.11. The molecule has 3 heteroatoms. The Morgan fingerprint density at radius 3 is 2.73 bits per heavy atom. The predicted octanol–water partition coefficient (Wildman–Crippen LogP) is 0.326. The number of aldehydes is 1. The Labute approximate surface area is 67.8 Å². The number of carbonyl (C=O) groups excluding carboxylic acids is 1. The van der Waals surface area contributed by atoms with Crippen LogP contribution in [0.25, 0.3) is 0 Å². The number of nitrogens with one attached hydrogen (secondary N) is 1. The third-order valence-corrected chi connectivity index (χ3v) is 1.56. The average Bonchev–Trinajstić information content (AvgIpc) is 1.97. The van der Waals surface area contributed by atoms with Crippen molar-refractivity contribution in [1.82, 2.24) is 5.32 Å². The molecule has 66 valence electrons. The van der Waals surface area contributed by atoms with Gasteiger partial charge in [-0.15, -0.1) is 0 Å². The van der Waals surface area contributed by atoms with Crippen molar-refractivity contribution in [3.63, 3.8) is 0 Å². The molecule has 0 aliphatic rings. The van der Waals surface area contributed by atoms with Gasteiger partial charge in [0.2, 0.25) is 0 Å². The molecule has 0 saturated carbocycles. The maximum absolute atomic E-state index is 9.99. The van der Waals surface area contributed by atoms with Crippen molar-refractivity contribution < 1.29 is 9.90 Å². The molecule has 0 aromatic rings. The Balaban J connectivity index is 3.51. The van der Waals surface area contributed by atoms with Gasteiger partial charge in [-0.3, -0.25) is 0 Å². The molecule has 0 aromatic heterocycles. The largest absolute Gasteiger partial charge is 0.389 e. The summed E-state index contributed by atoms with van der Waals surface area (Å²) in [7, 11) is 0. The van der Waals surface area contributed by atoms with Gasteiger partial charge in [0, 0.05) is 13.0 Å². The SMILES string of the molecule is CCNCC(C)(O)CCC=O. The molecular formula is C8H17NO2. The first-order valence-corrected chi connectivity index (χ1v) is 3.99. The van der Waals surface area contributed by atoms with Gasteiger partial charge in [-0.1, -0.05) is 6.92 Å². The molecule has 3 nitrogen and oxygen atoms in total. The van der Waals surface area contributed by atoms with Crippen LogP contribution in [0, 0.1) is 0 Å². The molecule has 0 bridgehead atoms. The third-order valence-electron chi connectivity index (χ3n) is 1.56. The molecule has 0 heterocycles. The molecule has 0 amide bonds. The Morgan fingerprint density at radius 2 is 2.27 bits per heavy atom. The Kier molecular flexibility index (Phi) is 5.07. The van der Waals surface area contributed by atoms with Crippen LogP contribution in [0.15, 0.2) is 0 Å². The monoisotopic (exact) mass is 159 g/mol. The average molecular weight is 159 g/mol. The maximum atomic E-state index is 9.99. The van der Waals surface area contributed by atoms with Crippen molar-refractivity contribution >= 4 is 6.29 Å². The quantitative estimate of drug-likeness (QED) is 0.549. The number of hydrogen-bond donors (Lipinski definition) is 2. The van der Waals surface area contributed by atoms with Crippen LogP contribution in [-0.2, 0) is 4.79 Å². The Bertz CT molecular complexity index is 113. The van der Waals surface area contributed by atoms with E-state index in [1.165, 1.54) is 0 Å². The first kappa shape index (κ1) is 10.6. The highest BCUT2D eigenvalue weighted by Crippen LogP contribution is 2.08. The van der Waals surface area contributed by atoms with Gasteiger partial charge in [0.15, 0.2) is 0 Å². The molecule has 2 N–H and O–H groups in total. The summed E-state index contributed by atoms with van der Waals surface area (Å²) in [5.74, 6) is 0. The van der Waals surface area contributed by atoms with Gasteiger partial charge >= 0.3 is 0 Å². The number of hydrogen-bond acceptors (Lipinski definition) is 3. The van der Waals surface area contributed by atoms with Crippen LogP contribution in [0.1, 0.15) is 26.7 Å². The van der Waals surface area contributed by atoms with Crippen molar-refractivity contribution in [2.75, 3.05) is 13.1 Å². The lowest BCUT2D eigenvalue weighted by molar-refractivity contribution is -0.108. The van der Waals surface area contributed by atoms with Crippen LogP contribution >= 0.6 is 0 Å². The van der Waals surface area contributed by atoms with Crippen molar-refractivity contribution in [2.24, 2.45) is 0 Å². The molecular weight excluding hydrogens is 142 g/mol. The lowest BCUT2D eigenvalue weighted by atomic mass is 10.0. The number of aliphatic hydroxyl groups is 1. The molecule has 1 unspecified atom stereocenters. The summed E-state index contributed by atoms with van der Waals surface area (Å²) in [4.78, 5) is 9.99. The van der Waals surface area contributed by atoms with Crippen LogP contribution in [-0.4, -0.2) is 30.1 Å². The van der Waals surface area contributed by atoms with Gasteiger partial charge in [-0.05, 0) is 19.9 Å². The smallest absolute Gasteiger partial charge is 0.120 e. The predicted molar refractivity (Wildman–Crippen MR) is 44.5 cm³/mol. The Hall–Kier alpha value is -0.410. The standard InChI is InChI=1S/C8H17NO2/c1-3-9-7-8(2,11)5-4-6-10/h6,9,11H,3-5,7H2,1-2H3. The van der Waals surface area contributed by atoms with Gasteiger partial charge in [-0.2, -0.15) is 0 Å². The number of rotatable bonds is 6. The molecule has 0 aromatic carbocycles. The first-order valence-electron chi connectivity index (χ1n) is 3.99. The van der Waals surface area contributed by atoms with E-state index in [0.29, 0.717) is 19.4 Å². The van der Waals surface area contributed by atoms with E-state index in [4.69, 9.17) is 0 Å². The molecule has 0 aliphatic carbocycles. The zero-order chi connectivity index (χ0) is 8.74. The highest BCUT2D eigenvalue weighted by molar-refractivity contribution is 5.49. The Morgan fingerprint density at radius 1 is 1.64 bits per heavy atom. The van der Waals surface area contributed by atoms with Crippen LogP contribution in [0.5, 0.6) is 0 Å².